The number of aromatic carboxylic acids is 1. The highest BCUT2D eigenvalue weighted by Crippen LogP contribution is 2.37. The summed E-state index contributed by atoms with van der Waals surface area (Å²) in [6.45, 7) is 3.63. The van der Waals surface area contributed by atoms with Gasteiger partial charge in [-0.15, -0.1) is 0 Å². The topological polar surface area (TPSA) is 61.6 Å². The second kappa shape index (κ2) is 8.45. The van der Waals surface area contributed by atoms with Crippen molar-refractivity contribution in [2.24, 2.45) is 7.05 Å². The van der Waals surface area contributed by atoms with Gasteiger partial charge in [-0.3, -0.25) is 9.58 Å². The standard InChI is InChI=1S/C21H29F3N4O2/c1-5-28(15-8-6-14(7-9-15)26(3)12-21(22,23)24)19-13(2)16(20(29)30)10-18-17(19)11-25-27(18)4/h10-11,14-15H,5-9,12H2,1-4H3,(H,29,30). The molecule has 3 rings (SSSR count). The number of nitrogens with zero attached hydrogens (tertiary/aromatic N) is 4. The summed E-state index contributed by atoms with van der Waals surface area (Å²) in [5.74, 6) is -0.981. The van der Waals surface area contributed by atoms with Crippen LogP contribution in [-0.2, 0) is 7.05 Å². The van der Waals surface area contributed by atoms with Gasteiger partial charge in [0.1, 0.15) is 0 Å². The van der Waals surface area contributed by atoms with E-state index in [0.29, 0.717) is 24.9 Å². The van der Waals surface area contributed by atoms with Gasteiger partial charge in [0.25, 0.3) is 0 Å². The lowest BCUT2D eigenvalue weighted by molar-refractivity contribution is -0.148. The number of benzene rings is 1. The summed E-state index contributed by atoms with van der Waals surface area (Å²) in [4.78, 5) is 15.4. The van der Waals surface area contributed by atoms with Gasteiger partial charge in [0, 0.05) is 31.1 Å². The van der Waals surface area contributed by atoms with Crippen LogP contribution in [0.15, 0.2) is 12.3 Å². The normalized spacial score (nSPS) is 20.1. The van der Waals surface area contributed by atoms with Crippen molar-refractivity contribution < 1.29 is 23.1 Å². The predicted octanol–water partition coefficient (Wildman–Crippen LogP) is 4.21. The van der Waals surface area contributed by atoms with Crippen molar-refractivity contribution in [1.29, 1.82) is 0 Å². The number of carboxylic acids is 1. The molecule has 1 aromatic carbocycles. The van der Waals surface area contributed by atoms with Crippen LogP contribution in [0.2, 0.25) is 0 Å². The minimum absolute atomic E-state index is 0.0913. The molecule has 1 fully saturated rings. The number of alkyl halides is 3. The average molecular weight is 426 g/mol. The van der Waals surface area contributed by atoms with E-state index in [9.17, 15) is 23.1 Å². The van der Waals surface area contributed by atoms with E-state index < -0.39 is 18.7 Å². The molecule has 0 spiro atoms. The number of hydrogen-bond donors (Lipinski definition) is 1. The predicted molar refractivity (Wildman–Crippen MR) is 110 cm³/mol. The third-order valence-corrected chi connectivity index (χ3v) is 6.30. The molecular weight excluding hydrogens is 397 g/mol. The van der Waals surface area contributed by atoms with Crippen molar-refractivity contribution in [2.45, 2.75) is 57.8 Å². The van der Waals surface area contributed by atoms with Crippen LogP contribution in [0.4, 0.5) is 18.9 Å². The Morgan fingerprint density at radius 3 is 2.40 bits per heavy atom. The highest BCUT2D eigenvalue weighted by Gasteiger charge is 2.35. The van der Waals surface area contributed by atoms with Crippen molar-refractivity contribution in [1.82, 2.24) is 14.7 Å². The number of halogens is 3. The van der Waals surface area contributed by atoms with Crippen LogP contribution in [0.25, 0.3) is 10.9 Å². The molecule has 0 bridgehead atoms. The van der Waals surface area contributed by atoms with E-state index in [-0.39, 0.29) is 17.6 Å². The smallest absolute Gasteiger partial charge is 0.401 e. The maximum absolute atomic E-state index is 12.7. The third kappa shape index (κ3) is 4.40. The summed E-state index contributed by atoms with van der Waals surface area (Å²) in [6, 6.07) is 1.71. The zero-order chi connectivity index (χ0) is 22.2. The van der Waals surface area contributed by atoms with Gasteiger partial charge < -0.3 is 10.0 Å². The van der Waals surface area contributed by atoms with E-state index >= 15 is 0 Å². The monoisotopic (exact) mass is 426 g/mol. The lowest BCUT2D eigenvalue weighted by atomic mass is 9.88. The minimum atomic E-state index is -4.19. The molecule has 1 aliphatic carbocycles. The number of hydrogen-bond acceptors (Lipinski definition) is 4. The van der Waals surface area contributed by atoms with Crippen LogP contribution in [0.1, 0.15) is 48.5 Å². The first-order valence-corrected chi connectivity index (χ1v) is 10.3. The SMILES string of the molecule is CCN(c1c(C)c(C(=O)O)cc2c1cnn2C)C1CCC(N(C)CC(F)(F)F)CC1. The van der Waals surface area contributed by atoms with Crippen molar-refractivity contribution in [3.05, 3.63) is 23.4 Å². The van der Waals surface area contributed by atoms with Crippen molar-refractivity contribution in [3.8, 4) is 0 Å². The average Bonchev–Trinajstić information content (AvgIpc) is 3.03. The Morgan fingerprint density at radius 1 is 1.27 bits per heavy atom. The van der Waals surface area contributed by atoms with Gasteiger partial charge in [-0.05, 0) is 58.2 Å². The van der Waals surface area contributed by atoms with Gasteiger partial charge in [0.2, 0.25) is 0 Å². The summed E-state index contributed by atoms with van der Waals surface area (Å²) in [6.07, 6.45) is 0.456. The van der Waals surface area contributed by atoms with E-state index in [1.54, 1.807) is 24.0 Å². The Hall–Kier alpha value is -2.29. The molecule has 1 aliphatic rings. The van der Waals surface area contributed by atoms with Crippen molar-refractivity contribution >= 4 is 22.6 Å². The fraction of sp³-hybridized carbons (Fsp3) is 0.619. The van der Waals surface area contributed by atoms with Gasteiger partial charge >= 0.3 is 12.1 Å². The second-order valence-corrected chi connectivity index (χ2v) is 8.18. The molecule has 0 saturated heterocycles. The van der Waals surface area contributed by atoms with Crippen molar-refractivity contribution in [2.75, 3.05) is 25.0 Å². The molecule has 2 aromatic rings. The Bertz CT molecular complexity index is 917. The van der Waals surface area contributed by atoms with E-state index in [2.05, 4.69) is 10.00 Å². The first-order chi connectivity index (χ1) is 14.0. The molecule has 1 saturated carbocycles. The molecule has 0 atom stereocenters. The van der Waals surface area contributed by atoms with Crippen LogP contribution >= 0.6 is 0 Å². The zero-order valence-electron chi connectivity index (χ0n) is 17.8. The number of aryl methyl sites for hydroxylation is 1. The summed E-state index contributed by atoms with van der Waals surface area (Å²) >= 11 is 0. The van der Waals surface area contributed by atoms with E-state index in [0.717, 1.165) is 29.4 Å². The second-order valence-electron chi connectivity index (χ2n) is 8.18. The number of carbonyl (C=O) groups is 1. The first kappa shape index (κ1) is 22.4. The summed E-state index contributed by atoms with van der Waals surface area (Å²) in [5.41, 5.74) is 2.57. The lowest BCUT2D eigenvalue weighted by Crippen LogP contribution is -2.45. The van der Waals surface area contributed by atoms with Gasteiger partial charge in [-0.25, -0.2) is 4.79 Å². The Balaban J connectivity index is 1.88. The molecular formula is C21H29F3N4O2. The highest BCUT2D eigenvalue weighted by molar-refractivity contribution is 6.02. The minimum Gasteiger partial charge on any atom is -0.478 e. The highest BCUT2D eigenvalue weighted by atomic mass is 19.4. The molecule has 166 valence electrons. The largest absolute Gasteiger partial charge is 0.478 e. The fourth-order valence-electron chi connectivity index (χ4n) is 4.79. The van der Waals surface area contributed by atoms with E-state index in [4.69, 9.17) is 0 Å². The summed E-state index contributed by atoms with van der Waals surface area (Å²) in [7, 11) is 3.32. The molecule has 1 N–H and O–H groups in total. The summed E-state index contributed by atoms with van der Waals surface area (Å²) < 4.78 is 39.9. The van der Waals surface area contributed by atoms with Crippen LogP contribution in [0.3, 0.4) is 0 Å². The molecule has 30 heavy (non-hydrogen) atoms. The molecule has 6 nitrogen and oxygen atoms in total. The number of rotatable bonds is 6. The summed E-state index contributed by atoms with van der Waals surface area (Å²) in [5, 5.41) is 14.9. The molecule has 9 heteroatoms. The molecule has 0 radical (unpaired) electrons. The number of fused-ring (bicyclic) bond motifs is 1. The van der Waals surface area contributed by atoms with Gasteiger partial charge in [0.15, 0.2) is 0 Å². The van der Waals surface area contributed by atoms with E-state index in [1.165, 1.54) is 11.9 Å². The van der Waals surface area contributed by atoms with Gasteiger partial charge in [-0.1, -0.05) is 0 Å². The van der Waals surface area contributed by atoms with Crippen molar-refractivity contribution in [3.63, 3.8) is 0 Å². The molecule has 1 aromatic heterocycles. The van der Waals surface area contributed by atoms with Crippen LogP contribution < -0.4 is 4.90 Å². The number of carboxylic acid groups (broad SMARTS) is 1. The third-order valence-electron chi connectivity index (χ3n) is 6.30. The van der Waals surface area contributed by atoms with Crippen LogP contribution in [0.5, 0.6) is 0 Å². The molecule has 0 amide bonds. The molecule has 0 unspecified atom stereocenters. The maximum Gasteiger partial charge on any atom is 0.401 e. The Morgan fingerprint density at radius 2 is 1.87 bits per heavy atom. The van der Waals surface area contributed by atoms with Crippen LogP contribution in [0, 0.1) is 6.92 Å². The van der Waals surface area contributed by atoms with Gasteiger partial charge in [-0.2, -0.15) is 18.3 Å². The fourth-order valence-corrected chi connectivity index (χ4v) is 4.79. The number of aromatic nitrogens is 2. The maximum atomic E-state index is 12.7. The van der Waals surface area contributed by atoms with Crippen LogP contribution in [-0.4, -0.2) is 64.2 Å². The zero-order valence-corrected chi connectivity index (χ0v) is 17.8. The molecule has 0 aliphatic heterocycles. The quantitative estimate of drug-likeness (QED) is 0.750. The lowest BCUT2D eigenvalue weighted by Gasteiger charge is -2.41. The number of anilines is 1. The van der Waals surface area contributed by atoms with E-state index in [1.807, 2.05) is 13.8 Å². The Labute approximate surface area is 174 Å². The van der Waals surface area contributed by atoms with Gasteiger partial charge in [0.05, 0.1) is 29.5 Å². The first-order valence-electron chi connectivity index (χ1n) is 10.3. The Kier molecular flexibility index (Phi) is 6.31. The molecule has 1 heterocycles.